The molecule has 33 heavy (non-hydrogen) atoms. The van der Waals surface area contributed by atoms with Crippen LogP contribution in [0.5, 0.6) is 5.75 Å². The molecule has 0 aromatic heterocycles. The SMILES string of the molecule is CCCOc1ccc(/C(O)=C2/C(=O)C(=O)N(CCCOC)C2c2ccc(N(C)C)cc2)cc1. The number of anilines is 1. The highest BCUT2D eigenvalue weighted by molar-refractivity contribution is 6.46. The molecule has 0 bridgehead atoms. The Hall–Kier alpha value is -3.32. The van der Waals surface area contributed by atoms with Gasteiger partial charge in [-0.1, -0.05) is 19.1 Å². The van der Waals surface area contributed by atoms with Gasteiger partial charge in [0.25, 0.3) is 11.7 Å². The first kappa shape index (κ1) is 24.3. The van der Waals surface area contributed by atoms with Crippen molar-refractivity contribution in [2.75, 3.05) is 45.9 Å². The van der Waals surface area contributed by atoms with Gasteiger partial charge in [0, 0.05) is 45.6 Å². The lowest BCUT2D eigenvalue weighted by atomic mass is 9.95. The van der Waals surface area contributed by atoms with Gasteiger partial charge < -0.3 is 24.4 Å². The topological polar surface area (TPSA) is 79.3 Å². The van der Waals surface area contributed by atoms with Gasteiger partial charge in [-0.25, -0.2) is 0 Å². The number of benzene rings is 2. The Kier molecular flexibility index (Phi) is 8.11. The van der Waals surface area contributed by atoms with Crippen LogP contribution in [0.25, 0.3) is 5.76 Å². The summed E-state index contributed by atoms with van der Waals surface area (Å²) in [7, 11) is 5.49. The van der Waals surface area contributed by atoms with Crippen LogP contribution in [0.4, 0.5) is 5.69 Å². The molecule has 3 rings (SSSR count). The van der Waals surface area contributed by atoms with Crippen LogP contribution in [0.2, 0.25) is 0 Å². The predicted molar refractivity (Wildman–Crippen MR) is 128 cm³/mol. The lowest BCUT2D eigenvalue weighted by Crippen LogP contribution is -2.31. The number of aliphatic hydroxyl groups is 1. The predicted octanol–water partition coefficient (Wildman–Crippen LogP) is 4.00. The fraction of sp³-hybridized carbons (Fsp3) is 0.385. The van der Waals surface area contributed by atoms with E-state index in [1.807, 2.05) is 50.2 Å². The number of Topliss-reactive ketones (excluding diaryl/α,β-unsaturated/α-hetero) is 1. The van der Waals surface area contributed by atoms with E-state index in [-0.39, 0.29) is 11.3 Å². The number of likely N-dealkylation sites (tertiary alicyclic amines) is 1. The van der Waals surface area contributed by atoms with Crippen LogP contribution in [-0.2, 0) is 14.3 Å². The summed E-state index contributed by atoms with van der Waals surface area (Å²) in [6.45, 7) is 3.44. The highest BCUT2D eigenvalue weighted by Gasteiger charge is 2.45. The number of ketones is 1. The maximum atomic E-state index is 13.1. The molecule has 1 amide bonds. The lowest BCUT2D eigenvalue weighted by molar-refractivity contribution is -0.140. The van der Waals surface area contributed by atoms with Crippen LogP contribution in [0.3, 0.4) is 0 Å². The fourth-order valence-electron chi connectivity index (χ4n) is 3.88. The molecule has 0 saturated carbocycles. The number of nitrogens with zero attached hydrogens (tertiary/aromatic N) is 2. The molecule has 1 aliphatic rings. The Morgan fingerprint density at radius 1 is 1.03 bits per heavy atom. The zero-order valence-corrected chi connectivity index (χ0v) is 19.7. The van der Waals surface area contributed by atoms with Crippen molar-refractivity contribution in [3.05, 3.63) is 65.2 Å². The third-order valence-corrected chi connectivity index (χ3v) is 5.61. The number of hydrogen-bond donors (Lipinski definition) is 1. The molecule has 1 atom stereocenters. The van der Waals surface area contributed by atoms with Crippen molar-refractivity contribution in [1.82, 2.24) is 4.90 Å². The normalized spacial score (nSPS) is 17.5. The quantitative estimate of drug-likeness (QED) is 0.254. The van der Waals surface area contributed by atoms with Gasteiger partial charge in [-0.3, -0.25) is 9.59 Å². The Morgan fingerprint density at radius 3 is 2.27 bits per heavy atom. The number of ether oxygens (including phenoxy) is 2. The fourth-order valence-corrected chi connectivity index (χ4v) is 3.88. The second kappa shape index (κ2) is 11.0. The van der Waals surface area contributed by atoms with Crippen molar-refractivity contribution in [1.29, 1.82) is 0 Å². The third kappa shape index (κ3) is 5.37. The highest BCUT2D eigenvalue weighted by atomic mass is 16.5. The Balaban J connectivity index is 2.03. The summed E-state index contributed by atoms with van der Waals surface area (Å²) in [4.78, 5) is 29.5. The lowest BCUT2D eigenvalue weighted by Gasteiger charge is -2.26. The molecule has 1 fully saturated rings. The first-order chi connectivity index (χ1) is 15.9. The zero-order chi connectivity index (χ0) is 24.0. The van der Waals surface area contributed by atoms with Gasteiger partial charge in [0.2, 0.25) is 0 Å². The van der Waals surface area contributed by atoms with Crippen LogP contribution in [0.15, 0.2) is 54.1 Å². The van der Waals surface area contributed by atoms with Gasteiger partial charge in [-0.05, 0) is 54.8 Å². The summed E-state index contributed by atoms with van der Waals surface area (Å²) in [5.41, 5.74) is 2.32. The third-order valence-electron chi connectivity index (χ3n) is 5.61. The molecule has 0 spiro atoms. The van der Waals surface area contributed by atoms with Gasteiger partial charge in [0.1, 0.15) is 11.5 Å². The largest absolute Gasteiger partial charge is 0.507 e. The number of aliphatic hydroxyl groups excluding tert-OH is 1. The second-order valence-electron chi connectivity index (χ2n) is 8.20. The van der Waals surface area contributed by atoms with Crippen molar-refractivity contribution in [3.8, 4) is 5.75 Å². The molecule has 1 heterocycles. The highest BCUT2D eigenvalue weighted by Crippen LogP contribution is 2.40. The van der Waals surface area contributed by atoms with Crippen LogP contribution < -0.4 is 9.64 Å². The first-order valence-electron chi connectivity index (χ1n) is 11.2. The van der Waals surface area contributed by atoms with E-state index in [9.17, 15) is 14.7 Å². The smallest absolute Gasteiger partial charge is 0.295 e. The van der Waals surface area contributed by atoms with Crippen LogP contribution in [-0.4, -0.2) is 62.7 Å². The van der Waals surface area contributed by atoms with Crippen LogP contribution in [0, 0.1) is 0 Å². The van der Waals surface area contributed by atoms with Crippen LogP contribution in [0.1, 0.15) is 36.9 Å². The van der Waals surface area contributed by atoms with Gasteiger partial charge in [0.15, 0.2) is 0 Å². The number of methoxy groups -OCH3 is 1. The molecule has 2 aromatic rings. The minimum Gasteiger partial charge on any atom is -0.507 e. The van der Waals surface area contributed by atoms with E-state index in [2.05, 4.69) is 0 Å². The number of carbonyl (C=O) groups excluding carboxylic acids is 2. The number of hydrogen-bond acceptors (Lipinski definition) is 6. The van der Waals surface area contributed by atoms with Crippen molar-refractivity contribution in [2.45, 2.75) is 25.8 Å². The number of rotatable bonds is 10. The summed E-state index contributed by atoms with van der Waals surface area (Å²) < 4.78 is 10.7. The molecule has 7 nitrogen and oxygen atoms in total. The van der Waals surface area contributed by atoms with E-state index in [4.69, 9.17) is 9.47 Å². The number of amides is 1. The molecule has 1 saturated heterocycles. The second-order valence-corrected chi connectivity index (χ2v) is 8.20. The van der Waals surface area contributed by atoms with E-state index in [0.717, 1.165) is 17.7 Å². The van der Waals surface area contributed by atoms with Gasteiger partial charge in [0.05, 0.1) is 18.2 Å². The van der Waals surface area contributed by atoms with Crippen LogP contribution >= 0.6 is 0 Å². The molecule has 1 N–H and O–H groups in total. The molecule has 0 radical (unpaired) electrons. The molecule has 176 valence electrons. The first-order valence-corrected chi connectivity index (χ1v) is 11.2. The summed E-state index contributed by atoms with van der Waals surface area (Å²) in [6, 6.07) is 13.9. The van der Waals surface area contributed by atoms with Gasteiger partial charge in [-0.15, -0.1) is 0 Å². The number of carbonyl (C=O) groups is 2. The van der Waals surface area contributed by atoms with E-state index in [0.29, 0.717) is 37.5 Å². The van der Waals surface area contributed by atoms with E-state index in [1.165, 1.54) is 4.90 Å². The summed E-state index contributed by atoms with van der Waals surface area (Å²) >= 11 is 0. The molecule has 1 aliphatic heterocycles. The standard InChI is InChI=1S/C26H32N2O5/c1-5-16-33-21-13-9-19(10-14-21)24(29)22-23(18-7-11-20(12-8-18)27(2)3)28(15-6-17-32-4)26(31)25(22)30/h7-14,23,29H,5-6,15-17H2,1-4H3/b24-22-. The molecule has 2 aromatic carbocycles. The molecular weight excluding hydrogens is 420 g/mol. The zero-order valence-electron chi connectivity index (χ0n) is 19.7. The summed E-state index contributed by atoms with van der Waals surface area (Å²) in [6.07, 6.45) is 1.47. The molecule has 0 aliphatic carbocycles. The Labute approximate surface area is 195 Å². The van der Waals surface area contributed by atoms with Gasteiger partial charge in [-0.2, -0.15) is 0 Å². The summed E-state index contributed by atoms with van der Waals surface area (Å²) in [5, 5.41) is 11.1. The Morgan fingerprint density at radius 2 is 1.70 bits per heavy atom. The van der Waals surface area contributed by atoms with E-state index in [1.54, 1.807) is 31.4 Å². The minimum atomic E-state index is -0.682. The van der Waals surface area contributed by atoms with Crippen molar-refractivity contribution < 1.29 is 24.2 Å². The minimum absolute atomic E-state index is 0.0947. The average molecular weight is 453 g/mol. The van der Waals surface area contributed by atoms with E-state index < -0.39 is 17.7 Å². The van der Waals surface area contributed by atoms with E-state index >= 15 is 0 Å². The van der Waals surface area contributed by atoms with Crippen molar-refractivity contribution in [3.63, 3.8) is 0 Å². The monoisotopic (exact) mass is 452 g/mol. The Bertz CT molecular complexity index is 996. The maximum Gasteiger partial charge on any atom is 0.295 e. The maximum absolute atomic E-state index is 13.1. The molecular formula is C26H32N2O5. The molecule has 1 unspecified atom stereocenters. The van der Waals surface area contributed by atoms with Gasteiger partial charge >= 0.3 is 0 Å². The summed E-state index contributed by atoms with van der Waals surface area (Å²) in [5.74, 6) is -0.800. The van der Waals surface area contributed by atoms with Crippen molar-refractivity contribution in [2.24, 2.45) is 0 Å². The van der Waals surface area contributed by atoms with Crippen molar-refractivity contribution >= 4 is 23.1 Å². The molecule has 7 heteroatoms. The average Bonchev–Trinajstić information content (AvgIpc) is 3.08.